The second-order valence-corrected chi connectivity index (χ2v) is 4.61. The van der Waals surface area contributed by atoms with Gasteiger partial charge >= 0.3 is 12.0 Å². The first-order valence-electron chi connectivity index (χ1n) is 6.43. The average Bonchev–Trinajstić information content (AvgIpc) is 2.91. The summed E-state index contributed by atoms with van der Waals surface area (Å²) < 4.78 is 1.73. The summed E-state index contributed by atoms with van der Waals surface area (Å²) >= 11 is 0. The fourth-order valence-corrected chi connectivity index (χ4v) is 1.82. The van der Waals surface area contributed by atoms with E-state index in [1.54, 1.807) is 23.0 Å². The number of carboxylic acid groups (broad SMARTS) is 1. The number of carboxylic acids is 1. The Morgan fingerprint density at radius 3 is 2.62 bits per heavy atom. The smallest absolute Gasteiger partial charge is 0.335 e. The number of hydrogen-bond donors (Lipinski definition) is 3. The number of nitrogens with zero attached hydrogens (tertiary/aromatic N) is 2. The van der Waals surface area contributed by atoms with Crippen LogP contribution < -0.4 is 10.6 Å². The molecule has 0 saturated heterocycles. The van der Waals surface area contributed by atoms with Gasteiger partial charge < -0.3 is 15.7 Å². The molecule has 0 fully saturated rings. The van der Waals surface area contributed by atoms with Gasteiger partial charge in [0, 0.05) is 24.1 Å². The van der Waals surface area contributed by atoms with Crippen LogP contribution in [-0.2, 0) is 6.54 Å². The van der Waals surface area contributed by atoms with Crippen LogP contribution in [0.3, 0.4) is 0 Å². The van der Waals surface area contributed by atoms with E-state index in [-0.39, 0.29) is 17.6 Å². The predicted molar refractivity (Wildman–Crippen MR) is 77.2 cm³/mol. The topological polar surface area (TPSA) is 96.3 Å². The Bertz CT molecular complexity index is 608. The third-order valence-corrected chi connectivity index (χ3v) is 2.79. The molecule has 0 bridgehead atoms. The van der Waals surface area contributed by atoms with Crippen molar-refractivity contribution in [3.63, 3.8) is 0 Å². The first kappa shape index (κ1) is 14.6. The van der Waals surface area contributed by atoms with Crippen molar-refractivity contribution in [2.75, 3.05) is 5.32 Å². The number of aromatic nitrogens is 2. The summed E-state index contributed by atoms with van der Waals surface area (Å²) in [6, 6.07) is 7.33. The highest BCUT2D eigenvalue weighted by Gasteiger charge is 2.09. The summed E-state index contributed by atoms with van der Waals surface area (Å²) in [6.45, 7) is 2.44. The van der Waals surface area contributed by atoms with Crippen LogP contribution in [-0.4, -0.2) is 32.9 Å². The third kappa shape index (κ3) is 4.34. The van der Waals surface area contributed by atoms with Crippen LogP contribution in [0.25, 0.3) is 0 Å². The number of nitrogens with one attached hydrogen (secondary N) is 2. The van der Waals surface area contributed by atoms with Gasteiger partial charge in [-0.1, -0.05) is 0 Å². The molecule has 0 radical (unpaired) electrons. The first-order valence-corrected chi connectivity index (χ1v) is 6.43. The molecular weight excluding hydrogens is 272 g/mol. The summed E-state index contributed by atoms with van der Waals surface area (Å²) in [4.78, 5) is 22.5. The van der Waals surface area contributed by atoms with Crippen LogP contribution >= 0.6 is 0 Å². The molecule has 21 heavy (non-hydrogen) atoms. The van der Waals surface area contributed by atoms with Crippen molar-refractivity contribution in [3.05, 3.63) is 48.3 Å². The highest BCUT2D eigenvalue weighted by Crippen LogP contribution is 2.09. The highest BCUT2D eigenvalue weighted by molar-refractivity contribution is 5.91. The van der Waals surface area contributed by atoms with Crippen molar-refractivity contribution in [2.45, 2.75) is 19.5 Å². The fourth-order valence-electron chi connectivity index (χ4n) is 1.82. The van der Waals surface area contributed by atoms with E-state index in [1.165, 1.54) is 12.1 Å². The minimum Gasteiger partial charge on any atom is -0.478 e. The summed E-state index contributed by atoms with van der Waals surface area (Å²) in [5.41, 5.74) is 0.705. The Hall–Kier alpha value is -2.83. The van der Waals surface area contributed by atoms with Crippen LogP contribution in [0.15, 0.2) is 42.7 Å². The molecule has 2 amide bonds. The van der Waals surface area contributed by atoms with Crippen LogP contribution in [0.4, 0.5) is 10.5 Å². The zero-order valence-electron chi connectivity index (χ0n) is 11.5. The zero-order valence-corrected chi connectivity index (χ0v) is 11.5. The van der Waals surface area contributed by atoms with E-state index in [0.29, 0.717) is 12.2 Å². The van der Waals surface area contributed by atoms with Gasteiger partial charge in [-0.05, 0) is 37.3 Å². The van der Waals surface area contributed by atoms with Gasteiger partial charge in [0.1, 0.15) is 0 Å². The van der Waals surface area contributed by atoms with E-state index < -0.39 is 5.97 Å². The van der Waals surface area contributed by atoms with Gasteiger partial charge in [-0.2, -0.15) is 5.10 Å². The number of carbonyl (C=O) groups is 2. The molecule has 0 aliphatic heterocycles. The highest BCUT2D eigenvalue weighted by atomic mass is 16.4. The molecule has 1 atom stereocenters. The molecule has 7 nitrogen and oxygen atoms in total. The van der Waals surface area contributed by atoms with Crippen molar-refractivity contribution >= 4 is 17.7 Å². The zero-order chi connectivity index (χ0) is 15.2. The van der Waals surface area contributed by atoms with E-state index in [0.717, 1.165) is 0 Å². The van der Waals surface area contributed by atoms with Gasteiger partial charge in [0.15, 0.2) is 0 Å². The maximum absolute atomic E-state index is 11.8. The number of urea groups is 1. The maximum atomic E-state index is 11.8. The molecule has 0 spiro atoms. The number of aromatic carboxylic acids is 1. The summed E-state index contributed by atoms with van der Waals surface area (Å²) in [5.74, 6) is -1.00. The Morgan fingerprint density at radius 2 is 2.05 bits per heavy atom. The Labute approximate surface area is 121 Å². The Balaban J connectivity index is 1.84. The lowest BCUT2D eigenvalue weighted by molar-refractivity contribution is 0.0697. The van der Waals surface area contributed by atoms with Gasteiger partial charge in [-0.15, -0.1) is 0 Å². The minimum absolute atomic E-state index is 0.0943. The molecule has 0 saturated carbocycles. The van der Waals surface area contributed by atoms with E-state index in [9.17, 15) is 9.59 Å². The quantitative estimate of drug-likeness (QED) is 0.781. The minimum atomic E-state index is -1.00. The largest absolute Gasteiger partial charge is 0.478 e. The molecule has 7 heteroatoms. The van der Waals surface area contributed by atoms with Crippen LogP contribution in [0, 0.1) is 0 Å². The molecule has 0 aliphatic carbocycles. The molecule has 110 valence electrons. The number of hydrogen-bond acceptors (Lipinski definition) is 3. The van der Waals surface area contributed by atoms with Gasteiger partial charge in [-0.3, -0.25) is 4.68 Å². The van der Waals surface area contributed by atoms with Crippen LogP contribution in [0.5, 0.6) is 0 Å². The fraction of sp³-hybridized carbons (Fsp3) is 0.214. The van der Waals surface area contributed by atoms with Crippen molar-refractivity contribution in [3.8, 4) is 0 Å². The third-order valence-electron chi connectivity index (χ3n) is 2.79. The Morgan fingerprint density at radius 1 is 1.33 bits per heavy atom. The van der Waals surface area contributed by atoms with Gasteiger partial charge in [0.25, 0.3) is 0 Å². The summed E-state index contributed by atoms with van der Waals surface area (Å²) in [6.07, 6.45) is 3.50. The lowest BCUT2D eigenvalue weighted by atomic mass is 10.2. The van der Waals surface area contributed by atoms with E-state index in [1.807, 2.05) is 19.2 Å². The number of benzene rings is 1. The van der Waals surface area contributed by atoms with E-state index in [4.69, 9.17) is 5.11 Å². The van der Waals surface area contributed by atoms with Gasteiger partial charge in [0.05, 0.1) is 12.1 Å². The monoisotopic (exact) mass is 288 g/mol. The lowest BCUT2D eigenvalue weighted by Crippen LogP contribution is -2.38. The molecule has 1 aromatic heterocycles. The number of anilines is 1. The number of rotatable bonds is 5. The van der Waals surface area contributed by atoms with Crippen molar-refractivity contribution in [1.29, 1.82) is 0 Å². The number of amides is 2. The molecule has 0 aliphatic rings. The van der Waals surface area contributed by atoms with E-state index >= 15 is 0 Å². The van der Waals surface area contributed by atoms with Crippen LogP contribution in [0.1, 0.15) is 17.3 Å². The molecular formula is C14H16N4O3. The number of carbonyl (C=O) groups excluding carboxylic acids is 1. The van der Waals surface area contributed by atoms with Gasteiger partial charge in [0.2, 0.25) is 0 Å². The van der Waals surface area contributed by atoms with Crippen LogP contribution in [0.2, 0.25) is 0 Å². The van der Waals surface area contributed by atoms with E-state index in [2.05, 4.69) is 15.7 Å². The predicted octanol–water partition coefficient (Wildman–Crippen LogP) is 1.79. The second kappa shape index (κ2) is 6.56. The van der Waals surface area contributed by atoms with Gasteiger partial charge in [-0.25, -0.2) is 9.59 Å². The summed E-state index contributed by atoms with van der Waals surface area (Å²) in [5, 5.41) is 18.3. The summed E-state index contributed by atoms with van der Waals surface area (Å²) in [7, 11) is 0. The SMILES string of the molecule is CC(Cn1cccn1)NC(=O)Nc1ccc(C(=O)O)cc1. The molecule has 1 heterocycles. The average molecular weight is 288 g/mol. The normalized spacial score (nSPS) is 11.7. The molecule has 2 aromatic rings. The molecule has 3 N–H and O–H groups in total. The van der Waals surface area contributed by atoms with Crippen molar-refractivity contribution < 1.29 is 14.7 Å². The maximum Gasteiger partial charge on any atom is 0.335 e. The first-order chi connectivity index (χ1) is 10.0. The second-order valence-electron chi connectivity index (χ2n) is 4.61. The van der Waals surface area contributed by atoms with Crippen molar-refractivity contribution in [1.82, 2.24) is 15.1 Å². The van der Waals surface area contributed by atoms with Crippen molar-refractivity contribution in [2.24, 2.45) is 0 Å². The molecule has 1 aromatic carbocycles. The Kier molecular flexibility index (Phi) is 4.55. The molecule has 2 rings (SSSR count). The lowest BCUT2D eigenvalue weighted by Gasteiger charge is -2.14. The molecule has 1 unspecified atom stereocenters. The standard InChI is InChI=1S/C14H16N4O3/c1-10(9-18-8-2-7-15-18)16-14(21)17-12-5-3-11(4-6-12)13(19)20/h2-8,10H,9H2,1H3,(H,19,20)(H2,16,17,21).